The Morgan fingerprint density at radius 2 is 0.435 bits per heavy atom. The lowest BCUT2D eigenvalue weighted by atomic mass is 9.81. The summed E-state index contributed by atoms with van der Waals surface area (Å²) in [4.78, 5) is 0. The Kier molecular flexibility index (Phi) is 8.07. The molecule has 0 unspecified atom stereocenters. The van der Waals surface area contributed by atoms with Crippen LogP contribution >= 0.6 is 0 Å². The maximum atomic E-state index is 5.65. The molecule has 0 bridgehead atoms. The highest BCUT2D eigenvalue weighted by Crippen LogP contribution is 2.64. The fourth-order valence-corrected chi connectivity index (χ4v) is 10.5. The maximum Gasteiger partial charge on any atom is 0.118 e. The summed E-state index contributed by atoms with van der Waals surface area (Å²) in [5.74, 6) is 3.34. The first-order chi connectivity index (χ1) is 30.6. The van der Waals surface area contributed by atoms with Gasteiger partial charge in [0, 0.05) is 0 Å². The third kappa shape index (κ3) is 5.07. The molecule has 62 heavy (non-hydrogen) atoms. The highest BCUT2D eigenvalue weighted by atomic mass is 16.5. The molecule has 4 nitrogen and oxygen atoms in total. The van der Waals surface area contributed by atoms with Crippen LogP contribution in [0, 0.1) is 0 Å². The lowest BCUT2D eigenvalue weighted by molar-refractivity contribution is 0.415. The number of benzene rings is 10. The molecule has 0 saturated heterocycles. The lowest BCUT2D eigenvalue weighted by Crippen LogP contribution is -1.95. The fourth-order valence-electron chi connectivity index (χ4n) is 10.5. The van der Waals surface area contributed by atoms with Crippen molar-refractivity contribution < 1.29 is 18.9 Å². The van der Waals surface area contributed by atoms with Crippen molar-refractivity contribution in [3.63, 3.8) is 0 Å². The minimum atomic E-state index is 0.834. The van der Waals surface area contributed by atoms with Gasteiger partial charge in [0.15, 0.2) is 0 Å². The van der Waals surface area contributed by atoms with Gasteiger partial charge >= 0.3 is 0 Å². The van der Waals surface area contributed by atoms with E-state index in [1.54, 1.807) is 28.4 Å². The van der Waals surface area contributed by atoms with E-state index in [0.29, 0.717) is 0 Å². The Labute approximate surface area is 360 Å². The predicted molar refractivity (Wildman–Crippen MR) is 256 cm³/mol. The van der Waals surface area contributed by atoms with Gasteiger partial charge in [0.25, 0.3) is 0 Å². The van der Waals surface area contributed by atoms with E-state index in [9.17, 15) is 0 Å². The first-order valence-corrected chi connectivity index (χ1v) is 21.0. The van der Waals surface area contributed by atoms with Gasteiger partial charge in [-0.05, 0) is 170 Å². The summed E-state index contributed by atoms with van der Waals surface area (Å²) in [5, 5.41) is 7.41. The van der Waals surface area contributed by atoms with Crippen molar-refractivity contribution in [2.45, 2.75) is 0 Å². The van der Waals surface area contributed by atoms with Crippen molar-refractivity contribution in [1.29, 1.82) is 0 Å². The predicted octanol–water partition coefficient (Wildman–Crippen LogP) is 15.1. The summed E-state index contributed by atoms with van der Waals surface area (Å²) in [7, 11) is 6.89. The van der Waals surface area contributed by atoms with Gasteiger partial charge in [-0.2, -0.15) is 0 Å². The highest BCUT2D eigenvalue weighted by Gasteiger charge is 2.37. The van der Waals surface area contributed by atoms with E-state index < -0.39 is 0 Å². The van der Waals surface area contributed by atoms with E-state index in [0.717, 1.165) is 45.3 Å². The SMILES string of the molecule is COc1ccc(-c2c3c(c(-c4ccc(OC)cc4)c4ccccc24)-c2ccc4c5c(ccc-3c25)-c2c-4c(-c3ccc(OC)cc3)c3ccccc3c2-c2ccc(OC)cc2)cc1. The average molecular weight is 801 g/mol. The van der Waals surface area contributed by atoms with E-state index in [4.69, 9.17) is 18.9 Å². The molecule has 0 aliphatic heterocycles. The standard InChI is InChI=1S/C58H40O4/c1-59-37-21-13-33(14-22-37)49-41-9-5-6-10-42(41)50(34-15-23-38(60-2)24-16-34)56-46-31-32-48-54-47(30-29-45(53(46)54)55(49)56)57-51(35-17-25-39(61-3)26-18-35)43-11-7-8-12-44(43)52(58(48)57)36-19-27-40(62-4)28-20-36/h5-32H,1-4H3. The largest absolute Gasteiger partial charge is 0.497 e. The van der Waals surface area contributed by atoms with Gasteiger partial charge in [-0.3, -0.25) is 0 Å². The molecule has 0 heterocycles. The molecule has 12 rings (SSSR count). The van der Waals surface area contributed by atoms with Crippen LogP contribution in [-0.4, -0.2) is 28.4 Å². The van der Waals surface area contributed by atoms with Gasteiger partial charge in [-0.15, -0.1) is 0 Å². The fraction of sp³-hybridized carbons (Fsp3) is 0.0690. The van der Waals surface area contributed by atoms with Gasteiger partial charge in [-0.25, -0.2) is 0 Å². The van der Waals surface area contributed by atoms with E-state index in [2.05, 4.69) is 170 Å². The molecule has 0 aromatic heterocycles. The van der Waals surface area contributed by atoms with Gasteiger partial charge < -0.3 is 18.9 Å². The minimum absolute atomic E-state index is 0.834. The lowest BCUT2D eigenvalue weighted by Gasteiger charge is -2.21. The monoisotopic (exact) mass is 800 g/mol. The van der Waals surface area contributed by atoms with Gasteiger partial charge in [0.2, 0.25) is 0 Å². The number of hydrogen-bond donors (Lipinski definition) is 0. The molecule has 10 aromatic carbocycles. The van der Waals surface area contributed by atoms with Crippen molar-refractivity contribution in [1.82, 2.24) is 0 Å². The van der Waals surface area contributed by atoms with Crippen molar-refractivity contribution in [3.8, 4) is 112 Å². The summed E-state index contributed by atoms with van der Waals surface area (Å²) in [5.41, 5.74) is 19.5. The molecule has 0 fully saturated rings. The van der Waals surface area contributed by atoms with Crippen LogP contribution < -0.4 is 18.9 Å². The number of methoxy groups -OCH3 is 4. The van der Waals surface area contributed by atoms with Crippen LogP contribution in [0.4, 0.5) is 0 Å². The zero-order valence-electron chi connectivity index (χ0n) is 34.8. The van der Waals surface area contributed by atoms with Crippen LogP contribution in [0.5, 0.6) is 23.0 Å². The number of fused-ring (bicyclic) bond motifs is 8. The minimum Gasteiger partial charge on any atom is -0.497 e. The molecule has 0 saturated carbocycles. The average Bonchev–Trinajstić information content (AvgIpc) is 3.85. The van der Waals surface area contributed by atoms with Crippen LogP contribution in [-0.2, 0) is 0 Å². The Hall–Kier alpha value is -7.82. The van der Waals surface area contributed by atoms with E-state index >= 15 is 0 Å². The van der Waals surface area contributed by atoms with E-state index in [1.807, 2.05) is 0 Å². The molecular weight excluding hydrogens is 761 g/mol. The van der Waals surface area contributed by atoms with Gasteiger partial charge in [0.1, 0.15) is 23.0 Å². The maximum absolute atomic E-state index is 5.65. The molecule has 10 aromatic rings. The topological polar surface area (TPSA) is 36.9 Å². The second kappa shape index (κ2) is 13.9. The summed E-state index contributed by atoms with van der Waals surface area (Å²) in [6, 6.07) is 61.6. The Morgan fingerprint density at radius 3 is 0.629 bits per heavy atom. The van der Waals surface area contributed by atoms with Crippen LogP contribution in [0.2, 0.25) is 0 Å². The Morgan fingerprint density at radius 1 is 0.226 bits per heavy atom. The van der Waals surface area contributed by atoms with Crippen molar-refractivity contribution >= 4 is 32.3 Å². The second-order valence-electron chi connectivity index (χ2n) is 16.1. The molecule has 2 aliphatic carbocycles. The zero-order chi connectivity index (χ0) is 41.6. The second-order valence-corrected chi connectivity index (χ2v) is 16.1. The third-order valence-electron chi connectivity index (χ3n) is 13.2. The molecule has 0 spiro atoms. The normalized spacial score (nSPS) is 11.9. The Bertz CT molecular complexity index is 3000. The quantitative estimate of drug-likeness (QED) is 0.153. The number of hydrogen-bond acceptors (Lipinski definition) is 4. The molecular formula is C58H40O4. The first kappa shape index (κ1) is 36.1. The summed E-state index contributed by atoms with van der Waals surface area (Å²) >= 11 is 0. The highest BCUT2D eigenvalue weighted by molar-refractivity contribution is 6.35. The van der Waals surface area contributed by atoms with Crippen LogP contribution in [0.25, 0.3) is 121 Å². The van der Waals surface area contributed by atoms with Crippen LogP contribution in [0.15, 0.2) is 170 Å². The molecule has 4 heteroatoms. The molecule has 0 N–H and O–H groups in total. The summed E-state index contributed by atoms with van der Waals surface area (Å²) < 4.78 is 22.6. The molecule has 0 amide bonds. The summed E-state index contributed by atoms with van der Waals surface area (Å²) in [6.07, 6.45) is 0. The molecule has 2 aliphatic rings. The van der Waals surface area contributed by atoms with Gasteiger partial charge in [0.05, 0.1) is 28.4 Å². The zero-order valence-corrected chi connectivity index (χ0v) is 34.8. The smallest absolute Gasteiger partial charge is 0.118 e. The van der Waals surface area contributed by atoms with Crippen LogP contribution in [0.1, 0.15) is 0 Å². The summed E-state index contributed by atoms with van der Waals surface area (Å²) in [6.45, 7) is 0. The van der Waals surface area contributed by atoms with Crippen molar-refractivity contribution in [3.05, 3.63) is 170 Å². The first-order valence-electron chi connectivity index (χ1n) is 21.0. The van der Waals surface area contributed by atoms with Crippen molar-refractivity contribution in [2.75, 3.05) is 28.4 Å². The Balaban J connectivity index is 1.23. The van der Waals surface area contributed by atoms with Crippen molar-refractivity contribution in [2.24, 2.45) is 0 Å². The van der Waals surface area contributed by atoms with E-state index in [-0.39, 0.29) is 0 Å². The number of ether oxygens (including phenoxy) is 4. The number of rotatable bonds is 8. The molecule has 0 atom stereocenters. The molecule has 296 valence electrons. The van der Waals surface area contributed by atoms with E-state index in [1.165, 1.54) is 99.1 Å². The molecule has 0 radical (unpaired) electrons. The van der Waals surface area contributed by atoms with Gasteiger partial charge in [-0.1, -0.05) is 121 Å². The van der Waals surface area contributed by atoms with Crippen LogP contribution in [0.3, 0.4) is 0 Å². The third-order valence-corrected chi connectivity index (χ3v) is 13.2.